The molecule has 90 valence electrons. The second-order valence-electron chi connectivity index (χ2n) is 3.44. The van der Waals surface area contributed by atoms with Gasteiger partial charge in [0.15, 0.2) is 0 Å². The Morgan fingerprint density at radius 1 is 0.938 bits per heavy atom. The van der Waals surface area contributed by atoms with Crippen molar-refractivity contribution in [1.29, 1.82) is 0 Å². The van der Waals surface area contributed by atoms with Crippen molar-refractivity contribution in [3.63, 3.8) is 0 Å². The first kappa shape index (κ1) is 14.8. The molecule has 0 atom stereocenters. The number of rotatable bonds is 1. The van der Waals surface area contributed by atoms with Gasteiger partial charge < -0.3 is 4.98 Å². The van der Waals surface area contributed by atoms with Crippen molar-refractivity contribution in [2.75, 3.05) is 0 Å². The van der Waals surface area contributed by atoms with Gasteiger partial charge >= 0.3 is 0 Å². The monoisotopic (exact) mass is 219 g/mol. The number of aromatic amines is 1. The fraction of sp³-hybridized carbons (Fsp3) is 0.467. The van der Waals surface area contributed by atoms with Gasteiger partial charge in [0.1, 0.15) is 0 Å². The van der Waals surface area contributed by atoms with E-state index in [9.17, 15) is 0 Å². The van der Waals surface area contributed by atoms with Crippen molar-refractivity contribution in [2.24, 2.45) is 0 Å². The third-order valence-corrected chi connectivity index (χ3v) is 2.25. The maximum atomic E-state index is 3.21. The van der Waals surface area contributed by atoms with Crippen molar-refractivity contribution >= 4 is 10.9 Å². The normalized spacial score (nSPS) is 9.19. The number of fused-ring (bicyclic) bond motifs is 1. The zero-order chi connectivity index (χ0) is 12.6. The summed E-state index contributed by atoms with van der Waals surface area (Å²) in [6.45, 7) is 12.4. The van der Waals surface area contributed by atoms with Gasteiger partial charge in [-0.25, -0.2) is 0 Å². The van der Waals surface area contributed by atoms with Crippen molar-refractivity contribution in [1.82, 2.24) is 4.98 Å². The number of aromatic nitrogens is 1. The van der Waals surface area contributed by atoms with Crippen LogP contribution in [0.25, 0.3) is 10.9 Å². The standard InChI is InChI=1S/C11H13N.2C2H6/c1-8(2)9-4-3-5-11-10(9)6-7-12-11;2*1-2/h3-8,12H,1-2H3;2*1-2H3. The molecule has 0 unspecified atom stereocenters. The van der Waals surface area contributed by atoms with Crippen LogP contribution in [-0.2, 0) is 0 Å². The summed E-state index contributed by atoms with van der Waals surface area (Å²) >= 11 is 0. The Kier molecular flexibility index (Phi) is 7.36. The van der Waals surface area contributed by atoms with E-state index in [1.807, 2.05) is 33.9 Å². The van der Waals surface area contributed by atoms with Crippen LogP contribution in [-0.4, -0.2) is 4.98 Å². The molecule has 1 N–H and O–H groups in total. The maximum Gasteiger partial charge on any atom is 0.0456 e. The molecule has 1 heterocycles. The van der Waals surface area contributed by atoms with Gasteiger partial charge in [-0.1, -0.05) is 53.7 Å². The van der Waals surface area contributed by atoms with Crippen LogP contribution < -0.4 is 0 Å². The van der Waals surface area contributed by atoms with E-state index in [4.69, 9.17) is 0 Å². The summed E-state index contributed by atoms with van der Waals surface area (Å²) in [5.74, 6) is 0.601. The Labute approximate surface area is 99.9 Å². The minimum absolute atomic E-state index is 0.601. The molecule has 0 saturated heterocycles. The van der Waals surface area contributed by atoms with Gasteiger partial charge in [0.05, 0.1) is 0 Å². The van der Waals surface area contributed by atoms with Crippen LogP contribution in [0.2, 0.25) is 0 Å². The predicted octanol–water partition coefficient (Wildman–Crippen LogP) is 5.34. The highest BCUT2D eigenvalue weighted by Crippen LogP contribution is 2.23. The number of benzene rings is 1. The van der Waals surface area contributed by atoms with E-state index in [0.29, 0.717) is 5.92 Å². The van der Waals surface area contributed by atoms with Crippen molar-refractivity contribution in [3.05, 3.63) is 36.0 Å². The third kappa shape index (κ3) is 3.41. The Hall–Kier alpha value is -1.24. The number of hydrogen-bond acceptors (Lipinski definition) is 0. The minimum Gasteiger partial charge on any atom is -0.361 e. The van der Waals surface area contributed by atoms with Gasteiger partial charge in [0.25, 0.3) is 0 Å². The Bertz CT molecular complexity index is 385. The molecule has 0 radical (unpaired) electrons. The van der Waals surface area contributed by atoms with Gasteiger partial charge in [-0.05, 0) is 23.6 Å². The van der Waals surface area contributed by atoms with E-state index in [2.05, 4.69) is 43.1 Å². The molecule has 1 heteroatoms. The summed E-state index contributed by atoms with van der Waals surface area (Å²) in [4.78, 5) is 3.21. The van der Waals surface area contributed by atoms with Crippen LogP contribution in [0.15, 0.2) is 30.5 Å². The summed E-state index contributed by atoms with van der Waals surface area (Å²) in [6, 6.07) is 8.56. The second kappa shape index (κ2) is 7.98. The first-order valence-electron chi connectivity index (χ1n) is 6.35. The molecule has 2 rings (SSSR count). The predicted molar refractivity (Wildman–Crippen MR) is 75.1 cm³/mol. The molecule has 0 amide bonds. The lowest BCUT2D eigenvalue weighted by molar-refractivity contribution is 0.876. The average molecular weight is 219 g/mol. The summed E-state index contributed by atoms with van der Waals surface area (Å²) in [6.07, 6.45) is 2.00. The van der Waals surface area contributed by atoms with Crippen molar-refractivity contribution in [3.8, 4) is 0 Å². The maximum absolute atomic E-state index is 3.21. The lowest BCUT2D eigenvalue weighted by Gasteiger charge is -2.05. The Morgan fingerprint density at radius 2 is 1.56 bits per heavy atom. The fourth-order valence-electron chi connectivity index (χ4n) is 1.61. The first-order chi connectivity index (χ1) is 7.79. The third-order valence-electron chi connectivity index (χ3n) is 2.25. The zero-order valence-electron chi connectivity index (χ0n) is 11.5. The molecule has 1 aromatic carbocycles. The summed E-state index contributed by atoms with van der Waals surface area (Å²) < 4.78 is 0. The molecule has 0 bridgehead atoms. The molecule has 16 heavy (non-hydrogen) atoms. The van der Waals surface area contributed by atoms with E-state index in [1.54, 1.807) is 0 Å². The molecule has 1 aromatic heterocycles. The average Bonchev–Trinajstić information content (AvgIpc) is 2.81. The van der Waals surface area contributed by atoms with E-state index in [0.717, 1.165) is 0 Å². The lowest BCUT2D eigenvalue weighted by Crippen LogP contribution is -1.86. The van der Waals surface area contributed by atoms with E-state index in [-0.39, 0.29) is 0 Å². The van der Waals surface area contributed by atoms with Crippen LogP contribution in [0.4, 0.5) is 0 Å². The molecule has 0 aliphatic heterocycles. The van der Waals surface area contributed by atoms with Gasteiger partial charge in [0.2, 0.25) is 0 Å². The highest BCUT2D eigenvalue weighted by molar-refractivity contribution is 5.83. The number of nitrogens with one attached hydrogen (secondary N) is 1. The number of hydrogen-bond donors (Lipinski definition) is 1. The van der Waals surface area contributed by atoms with Gasteiger partial charge in [-0.15, -0.1) is 0 Å². The molecule has 0 aliphatic carbocycles. The first-order valence-corrected chi connectivity index (χ1v) is 6.35. The molecule has 2 aromatic rings. The van der Waals surface area contributed by atoms with Crippen LogP contribution in [0.1, 0.15) is 53.0 Å². The molecule has 0 fully saturated rings. The molecule has 0 aliphatic rings. The van der Waals surface area contributed by atoms with Crippen LogP contribution in [0.5, 0.6) is 0 Å². The minimum atomic E-state index is 0.601. The SMILES string of the molecule is CC.CC.CC(C)c1cccc2[nH]ccc12. The summed E-state index contributed by atoms with van der Waals surface area (Å²) in [5.41, 5.74) is 2.66. The van der Waals surface area contributed by atoms with Crippen molar-refractivity contribution < 1.29 is 0 Å². The highest BCUT2D eigenvalue weighted by Gasteiger charge is 2.03. The van der Waals surface area contributed by atoms with Gasteiger partial charge in [-0.3, -0.25) is 0 Å². The van der Waals surface area contributed by atoms with Crippen LogP contribution in [0.3, 0.4) is 0 Å². The molecule has 0 spiro atoms. The number of H-pyrrole nitrogens is 1. The Morgan fingerprint density at radius 3 is 2.12 bits per heavy atom. The van der Waals surface area contributed by atoms with Crippen molar-refractivity contribution in [2.45, 2.75) is 47.5 Å². The smallest absolute Gasteiger partial charge is 0.0456 e. The topological polar surface area (TPSA) is 15.8 Å². The lowest BCUT2D eigenvalue weighted by atomic mass is 10.00. The molecule has 1 nitrogen and oxygen atoms in total. The molecular weight excluding hydrogens is 194 g/mol. The van der Waals surface area contributed by atoms with E-state index < -0.39 is 0 Å². The Balaban J connectivity index is 0.000000509. The van der Waals surface area contributed by atoms with Gasteiger partial charge in [0, 0.05) is 17.1 Å². The van der Waals surface area contributed by atoms with Gasteiger partial charge in [-0.2, -0.15) is 0 Å². The molecule has 0 saturated carbocycles. The zero-order valence-corrected chi connectivity index (χ0v) is 11.5. The largest absolute Gasteiger partial charge is 0.361 e. The van der Waals surface area contributed by atoms with Crippen LogP contribution >= 0.6 is 0 Å². The summed E-state index contributed by atoms with van der Waals surface area (Å²) in [7, 11) is 0. The highest BCUT2D eigenvalue weighted by atomic mass is 14.7. The van der Waals surface area contributed by atoms with Crippen LogP contribution in [0, 0.1) is 0 Å². The fourth-order valence-corrected chi connectivity index (χ4v) is 1.61. The molecular formula is C15H25N. The van der Waals surface area contributed by atoms with E-state index in [1.165, 1.54) is 16.5 Å². The second-order valence-corrected chi connectivity index (χ2v) is 3.44. The summed E-state index contributed by atoms with van der Waals surface area (Å²) in [5, 5.41) is 1.35. The quantitative estimate of drug-likeness (QED) is 0.666. The van der Waals surface area contributed by atoms with E-state index >= 15 is 0 Å².